The van der Waals surface area contributed by atoms with Crippen LogP contribution >= 0.6 is 0 Å². The number of carbonyl (C=O) groups excluding carboxylic acids is 1. The second-order valence-corrected chi connectivity index (χ2v) is 4.61. The normalized spacial score (nSPS) is 11.2. The van der Waals surface area contributed by atoms with E-state index in [1.54, 1.807) is 30.3 Å². The predicted octanol–water partition coefficient (Wildman–Crippen LogP) is 0.138. The van der Waals surface area contributed by atoms with Crippen LogP contribution in [0.2, 0.25) is 0 Å². The number of aliphatic carboxylic acids is 1. The molecule has 1 aromatic heterocycles. The van der Waals surface area contributed by atoms with Crippen LogP contribution in [0.3, 0.4) is 0 Å². The van der Waals surface area contributed by atoms with Crippen molar-refractivity contribution in [3.8, 4) is 0 Å². The SMILES string of the molecule is O=C(O)C(=O)/C=C(\O)c1cn(Cc2ccccc2)c(=O)[nH]c1=O. The maximum Gasteiger partial charge on any atom is 0.376 e. The summed E-state index contributed by atoms with van der Waals surface area (Å²) in [6.45, 7) is 0.129. The highest BCUT2D eigenvalue weighted by atomic mass is 16.4. The van der Waals surface area contributed by atoms with Crippen LogP contribution < -0.4 is 11.2 Å². The van der Waals surface area contributed by atoms with Gasteiger partial charge in [-0.3, -0.25) is 19.1 Å². The van der Waals surface area contributed by atoms with Gasteiger partial charge in [-0.05, 0) is 5.56 Å². The number of nitrogens with zero attached hydrogens (tertiary/aromatic N) is 1. The molecule has 0 saturated heterocycles. The van der Waals surface area contributed by atoms with E-state index in [1.165, 1.54) is 0 Å². The zero-order chi connectivity index (χ0) is 17.0. The highest BCUT2D eigenvalue weighted by Crippen LogP contribution is 2.06. The summed E-state index contributed by atoms with van der Waals surface area (Å²) in [4.78, 5) is 47.0. The number of hydrogen-bond donors (Lipinski definition) is 3. The second kappa shape index (κ2) is 6.56. The largest absolute Gasteiger partial charge is 0.507 e. The van der Waals surface area contributed by atoms with E-state index in [9.17, 15) is 24.3 Å². The molecule has 1 aromatic carbocycles. The molecule has 0 bridgehead atoms. The van der Waals surface area contributed by atoms with E-state index in [1.807, 2.05) is 4.98 Å². The van der Waals surface area contributed by atoms with Gasteiger partial charge in [0.05, 0.1) is 12.1 Å². The summed E-state index contributed by atoms with van der Waals surface area (Å²) in [6, 6.07) is 8.88. The standard InChI is InChI=1S/C15H12N2O6/c18-11(6-12(19)14(21)22)10-8-17(15(23)16-13(10)20)7-9-4-2-1-3-5-9/h1-6,8,18H,7H2,(H,21,22)(H,16,20,23)/b11-6-. The Bertz CT molecular complexity index is 892. The Kier molecular flexibility index (Phi) is 4.55. The molecule has 23 heavy (non-hydrogen) atoms. The molecular formula is C15H12N2O6. The number of H-pyrrole nitrogens is 1. The summed E-state index contributed by atoms with van der Waals surface area (Å²) in [6.07, 6.45) is 1.47. The molecule has 8 nitrogen and oxygen atoms in total. The summed E-state index contributed by atoms with van der Waals surface area (Å²) in [7, 11) is 0. The van der Waals surface area contributed by atoms with Crippen molar-refractivity contribution < 1.29 is 19.8 Å². The molecule has 0 aliphatic rings. The molecule has 118 valence electrons. The van der Waals surface area contributed by atoms with Gasteiger partial charge in [0.15, 0.2) is 0 Å². The lowest BCUT2D eigenvalue weighted by atomic mass is 10.2. The van der Waals surface area contributed by atoms with Gasteiger partial charge in [0.25, 0.3) is 11.3 Å². The lowest BCUT2D eigenvalue weighted by Gasteiger charge is -2.07. The molecule has 1 heterocycles. The predicted molar refractivity (Wildman–Crippen MR) is 80.1 cm³/mol. The number of aliphatic hydroxyl groups is 1. The Morgan fingerprint density at radius 2 is 1.78 bits per heavy atom. The highest BCUT2D eigenvalue weighted by Gasteiger charge is 2.14. The van der Waals surface area contributed by atoms with E-state index >= 15 is 0 Å². The zero-order valence-electron chi connectivity index (χ0n) is 11.7. The monoisotopic (exact) mass is 316 g/mol. The third-order valence-electron chi connectivity index (χ3n) is 2.96. The van der Waals surface area contributed by atoms with Gasteiger partial charge >= 0.3 is 11.7 Å². The van der Waals surface area contributed by atoms with E-state index < -0.39 is 28.8 Å². The second-order valence-electron chi connectivity index (χ2n) is 4.61. The van der Waals surface area contributed by atoms with Gasteiger partial charge < -0.3 is 10.2 Å². The lowest BCUT2D eigenvalue weighted by molar-refractivity contribution is -0.146. The third-order valence-corrected chi connectivity index (χ3v) is 2.96. The molecule has 0 aliphatic carbocycles. The van der Waals surface area contributed by atoms with Gasteiger partial charge in [0.2, 0.25) is 0 Å². The Hall–Kier alpha value is -3.42. The molecular weight excluding hydrogens is 304 g/mol. The summed E-state index contributed by atoms with van der Waals surface area (Å²) in [5.74, 6) is -3.99. The number of hydrogen-bond acceptors (Lipinski definition) is 5. The third kappa shape index (κ3) is 3.82. The zero-order valence-corrected chi connectivity index (χ0v) is 11.7. The van der Waals surface area contributed by atoms with Crippen LogP contribution in [-0.2, 0) is 16.1 Å². The average Bonchev–Trinajstić information content (AvgIpc) is 2.50. The first kappa shape index (κ1) is 16.0. The van der Waals surface area contributed by atoms with Gasteiger partial charge in [-0.2, -0.15) is 0 Å². The molecule has 0 spiro atoms. The van der Waals surface area contributed by atoms with Crippen molar-refractivity contribution in [2.45, 2.75) is 6.54 Å². The first-order chi connectivity index (χ1) is 10.9. The maximum atomic E-state index is 11.8. The van der Waals surface area contributed by atoms with Crippen LogP contribution in [0.1, 0.15) is 11.1 Å². The Morgan fingerprint density at radius 1 is 1.13 bits per heavy atom. The highest BCUT2D eigenvalue weighted by molar-refractivity contribution is 6.38. The molecule has 0 amide bonds. The van der Waals surface area contributed by atoms with Crippen molar-refractivity contribution in [1.82, 2.24) is 9.55 Å². The molecule has 0 atom stereocenters. The number of carboxylic acid groups (broad SMARTS) is 1. The Labute approximate surface area is 129 Å². The first-order valence-corrected chi connectivity index (χ1v) is 6.44. The van der Waals surface area contributed by atoms with Gasteiger partial charge in [0, 0.05) is 12.3 Å². The van der Waals surface area contributed by atoms with E-state index in [0.717, 1.165) is 16.3 Å². The number of aromatic amines is 1. The van der Waals surface area contributed by atoms with Crippen LogP contribution in [0.4, 0.5) is 0 Å². The van der Waals surface area contributed by atoms with Crippen molar-refractivity contribution in [1.29, 1.82) is 0 Å². The molecule has 3 N–H and O–H groups in total. The van der Waals surface area contributed by atoms with E-state index in [2.05, 4.69) is 0 Å². The molecule has 0 aliphatic heterocycles. The molecule has 8 heteroatoms. The smallest absolute Gasteiger partial charge is 0.376 e. The summed E-state index contributed by atoms with van der Waals surface area (Å²) in [5, 5.41) is 18.2. The summed E-state index contributed by atoms with van der Waals surface area (Å²) < 4.78 is 1.13. The average molecular weight is 316 g/mol. The number of rotatable bonds is 5. The van der Waals surface area contributed by atoms with Crippen LogP contribution in [0, 0.1) is 0 Å². The lowest BCUT2D eigenvalue weighted by Crippen LogP contribution is -2.32. The molecule has 2 rings (SSSR count). The molecule has 0 radical (unpaired) electrons. The molecule has 0 saturated carbocycles. The fourth-order valence-corrected chi connectivity index (χ4v) is 1.85. The number of carboxylic acids is 1. The minimum atomic E-state index is -1.77. The minimum absolute atomic E-state index is 0.129. The van der Waals surface area contributed by atoms with E-state index in [-0.39, 0.29) is 12.1 Å². The quantitative estimate of drug-likeness (QED) is 0.409. The van der Waals surface area contributed by atoms with Crippen LogP contribution in [-0.4, -0.2) is 31.5 Å². The van der Waals surface area contributed by atoms with Crippen molar-refractivity contribution in [3.63, 3.8) is 0 Å². The van der Waals surface area contributed by atoms with Crippen molar-refractivity contribution in [2.75, 3.05) is 0 Å². The maximum absolute atomic E-state index is 11.8. The van der Waals surface area contributed by atoms with Crippen LogP contribution in [0.25, 0.3) is 5.76 Å². The topological polar surface area (TPSA) is 129 Å². The van der Waals surface area contributed by atoms with Gasteiger partial charge in [-0.15, -0.1) is 0 Å². The molecule has 0 fully saturated rings. The molecule has 2 aromatic rings. The number of aliphatic hydroxyl groups excluding tert-OH is 1. The van der Waals surface area contributed by atoms with Crippen molar-refractivity contribution in [3.05, 3.63) is 74.6 Å². The number of ketones is 1. The van der Waals surface area contributed by atoms with E-state index in [0.29, 0.717) is 6.08 Å². The fraction of sp³-hybridized carbons (Fsp3) is 0.0667. The van der Waals surface area contributed by atoms with E-state index in [4.69, 9.17) is 5.11 Å². The van der Waals surface area contributed by atoms with Crippen LogP contribution in [0.5, 0.6) is 0 Å². The minimum Gasteiger partial charge on any atom is -0.507 e. The van der Waals surface area contributed by atoms with Crippen LogP contribution in [0.15, 0.2) is 52.2 Å². The fourth-order valence-electron chi connectivity index (χ4n) is 1.85. The summed E-state index contributed by atoms with van der Waals surface area (Å²) >= 11 is 0. The number of benzene rings is 1. The number of nitrogens with one attached hydrogen (secondary N) is 1. The van der Waals surface area contributed by atoms with Gasteiger partial charge in [-0.1, -0.05) is 30.3 Å². The van der Waals surface area contributed by atoms with Crippen molar-refractivity contribution >= 4 is 17.5 Å². The first-order valence-electron chi connectivity index (χ1n) is 6.44. The molecule has 0 unspecified atom stereocenters. The number of aromatic nitrogens is 2. The number of carbonyl (C=O) groups is 2. The Morgan fingerprint density at radius 3 is 2.39 bits per heavy atom. The summed E-state index contributed by atoms with van der Waals surface area (Å²) in [5.41, 5.74) is -1.22. The Balaban J connectivity index is 2.44. The van der Waals surface area contributed by atoms with Crippen molar-refractivity contribution in [2.24, 2.45) is 0 Å². The van der Waals surface area contributed by atoms with Gasteiger partial charge in [-0.25, -0.2) is 9.59 Å². The van der Waals surface area contributed by atoms with Gasteiger partial charge in [0.1, 0.15) is 5.76 Å².